The number of amidine groups is 1. The summed E-state index contributed by atoms with van der Waals surface area (Å²) < 4.78 is 0. The molecule has 0 aliphatic carbocycles. The molecule has 14 heavy (non-hydrogen) atoms. The van der Waals surface area contributed by atoms with Crippen molar-refractivity contribution in [2.45, 2.75) is 38.1 Å². The van der Waals surface area contributed by atoms with E-state index >= 15 is 0 Å². The van der Waals surface area contributed by atoms with Gasteiger partial charge < -0.3 is 16.2 Å². The van der Waals surface area contributed by atoms with E-state index in [0.717, 1.165) is 31.8 Å². The Hall–Kier alpha value is -0.610. The first-order valence-corrected chi connectivity index (χ1v) is 5.46. The van der Waals surface area contributed by atoms with E-state index in [1.165, 1.54) is 19.3 Å². The summed E-state index contributed by atoms with van der Waals surface area (Å²) in [4.78, 5) is 4.45. The molecule has 4 heteroatoms. The van der Waals surface area contributed by atoms with E-state index in [-0.39, 0.29) is 12.6 Å². The van der Waals surface area contributed by atoms with Gasteiger partial charge >= 0.3 is 0 Å². The predicted octanol–water partition coefficient (Wildman–Crippen LogP) is 0.258. The first-order chi connectivity index (χ1) is 6.83. The van der Waals surface area contributed by atoms with Gasteiger partial charge in [-0.1, -0.05) is 6.42 Å². The van der Waals surface area contributed by atoms with Crippen LogP contribution in [0.15, 0.2) is 4.99 Å². The Balaban J connectivity index is 2.13. The van der Waals surface area contributed by atoms with Gasteiger partial charge in [-0.2, -0.15) is 0 Å². The molecule has 0 saturated carbocycles. The topological polar surface area (TPSA) is 70.6 Å². The van der Waals surface area contributed by atoms with Gasteiger partial charge in [0.2, 0.25) is 0 Å². The van der Waals surface area contributed by atoms with Gasteiger partial charge in [-0.15, -0.1) is 0 Å². The molecule has 0 saturated heterocycles. The molecule has 0 amide bonds. The fraction of sp³-hybridized carbons (Fsp3) is 0.900. The second-order valence-corrected chi connectivity index (χ2v) is 3.80. The van der Waals surface area contributed by atoms with Crippen molar-refractivity contribution >= 4 is 5.84 Å². The molecular formula is C10H21N3O. The molecule has 0 bridgehead atoms. The van der Waals surface area contributed by atoms with Crippen LogP contribution in [0.1, 0.15) is 32.1 Å². The lowest BCUT2D eigenvalue weighted by molar-refractivity contribution is 0.260. The van der Waals surface area contributed by atoms with Crippen molar-refractivity contribution < 1.29 is 5.11 Å². The number of nitrogens with two attached hydrogens (primary N) is 1. The summed E-state index contributed by atoms with van der Waals surface area (Å²) in [7, 11) is 0. The smallest absolute Gasteiger partial charge is 0.0963 e. The zero-order valence-electron chi connectivity index (χ0n) is 8.71. The summed E-state index contributed by atoms with van der Waals surface area (Å²) in [5, 5.41) is 12.0. The standard InChI is InChI=1S/C10H21N3O/c11-9(8-14)5-7-13-10-4-2-1-3-6-12-10/h9,14H,1-8,11H2,(H,12,13). The predicted molar refractivity (Wildman–Crippen MR) is 58.5 cm³/mol. The molecule has 1 rings (SSSR count). The van der Waals surface area contributed by atoms with Crippen molar-refractivity contribution in [3.8, 4) is 0 Å². The van der Waals surface area contributed by atoms with E-state index in [0.29, 0.717) is 0 Å². The Kier molecular flexibility index (Phi) is 5.56. The van der Waals surface area contributed by atoms with Crippen LogP contribution in [0.5, 0.6) is 0 Å². The lowest BCUT2D eigenvalue weighted by Gasteiger charge is -2.11. The first-order valence-electron chi connectivity index (χ1n) is 5.46. The number of aliphatic imine (C=N–C) groups is 1. The SMILES string of the molecule is NC(CO)CCNC1=NCCCCC1. The number of rotatable bonds is 4. The van der Waals surface area contributed by atoms with Crippen molar-refractivity contribution in [3.63, 3.8) is 0 Å². The molecule has 0 aromatic heterocycles. The molecule has 0 aromatic carbocycles. The van der Waals surface area contributed by atoms with E-state index in [1.54, 1.807) is 0 Å². The van der Waals surface area contributed by atoms with Gasteiger partial charge in [0, 0.05) is 25.6 Å². The number of nitrogens with zero attached hydrogens (tertiary/aromatic N) is 1. The average Bonchev–Trinajstić information content (AvgIpc) is 2.46. The number of nitrogens with one attached hydrogen (secondary N) is 1. The highest BCUT2D eigenvalue weighted by molar-refractivity contribution is 5.82. The van der Waals surface area contributed by atoms with E-state index in [9.17, 15) is 0 Å². The van der Waals surface area contributed by atoms with Gasteiger partial charge in [0.1, 0.15) is 0 Å². The highest BCUT2D eigenvalue weighted by atomic mass is 16.3. The van der Waals surface area contributed by atoms with Crippen molar-refractivity contribution in [2.24, 2.45) is 10.7 Å². The molecule has 1 unspecified atom stereocenters. The van der Waals surface area contributed by atoms with Gasteiger partial charge in [-0.05, 0) is 19.3 Å². The maximum Gasteiger partial charge on any atom is 0.0963 e. The molecule has 1 atom stereocenters. The van der Waals surface area contributed by atoms with Crippen molar-refractivity contribution in [1.82, 2.24) is 5.32 Å². The summed E-state index contributed by atoms with van der Waals surface area (Å²) in [6.45, 7) is 1.84. The van der Waals surface area contributed by atoms with Crippen LogP contribution in [0.4, 0.5) is 0 Å². The lowest BCUT2D eigenvalue weighted by Crippen LogP contribution is -2.32. The zero-order chi connectivity index (χ0) is 10.2. The number of aliphatic hydroxyl groups excluding tert-OH is 1. The van der Waals surface area contributed by atoms with Crippen LogP contribution in [0.2, 0.25) is 0 Å². The minimum atomic E-state index is -0.103. The Bertz CT molecular complexity index is 182. The Labute approximate surface area is 85.6 Å². The molecule has 0 aromatic rings. The molecule has 1 aliphatic rings. The fourth-order valence-corrected chi connectivity index (χ4v) is 1.51. The van der Waals surface area contributed by atoms with Crippen LogP contribution < -0.4 is 11.1 Å². The van der Waals surface area contributed by atoms with Crippen molar-refractivity contribution in [1.29, 1.82) is 0 Å². The van der Waals surface area contributed by atoms with Crippen LogP contribution in [0.25, 0.3) is 0 Å². The minimum Gasteiger partial charge on any atom is -0.395 e. The van der Waals surface area contributed by atoms with E-state index in [4.69, 9.17) is 10.8 Å². The van der Waals surface area contributed by atoms with Gasteiger partial charge in [0.25, 0.3) is 0 Å². The lowest BCUT2D eigenvalue weighted by atomic mass is 10.2. The van der Waals surface area contributed by atoms with Crippen LogP contribution >= 0.6 is 0 Å². The molecule has 82 valence electrons. The highest BCUT2D eigenvalue weighted by Gasteiger charge is 2.04. The Morgan fingerprint density at radius 1 is 1.43 bits per heavy atom. The molecule has 0 fully saturated rings. The second-order valence-electron chi connectivity index (χ2n) is 3.80. The quantitative estimate of drug-likeness (QED) is 0.608. The minimum absolute atomic E-state index is 0.0636. The van der Waals surface area contributed by atoms with Crippen molar-refractivity contribution in [2.75, 3.05) is 19.7 Å². The Morgan fingerprint density at radius 2 is 2.29 bits per heavy atom. The fourth-order valence-electron chi connectivity index (χ4n) is 1.51. The van der Waals surface area contributed by atoms with Gasteiger partial charge in [0.15, 0.2) is 0 Å². The summed E-state index contributed by atoms with van der Waals surface area (Å²) >= 11 is 0. The summed E-state index contributed by atoms with van der Waals surface area (Å²) in [6.07, 6.45) is 5.59. The summed E-state index contributed by atoms with van der Waals surface area (Å²) in [6, 6.07) is -0.103. The van der Waals surface area contributed by atoms with Crippen molar-refractivity contribution in [3.05, 3.63) is 0 Å². The number of hydrogen-bond acceptors (Lipinski definition) is 4. The maximum absolute atomic E-state index is 8.73. The largest absolute Gasteiger partial charge is 0.395 e. The number of aliphatic hydroxyl groups is 1. The molecule has 4 nitrogen and oxygen atoms in total. The summed E-state index contributed by atoms with van der Waals surface area (Å²) in [5.74, 6) is 1.12. The zero-order valence-corrected chi connectivity index (χ0v) is 8.71. The van der Waals surface area contributed by atoms with E-state index < -0.39 is 0 Å². The molecular weight excluding hydrogens is 178 g/mol. The molecule has 1 aliphatic heterocycles. The monoisotopic (exact) mass is 199 g/mol. The van der Waals surface area contributed by atoms with E-state index in [1.807, 2.05) is 0 Å². The normalized spacial score (nSPS) is 19.7. The molecule has 1 heterocycles. The Morgan fingerprint density at radius 3 is 3.07 bits per heavy atom. The maximum atomic E-state index is 8.73. The van der Waals surface area contributed by atoms with Gasteiger partial charge in [-0.3, -0.25) is 4.99 Å². The third-order valence-electron chi connectivity index (χ3n) is 2.45. The third-order valence-corrected chi connectivity index (χ3v) is 2.45. The average molecular weight is 199 g/mol. The van der Waals surface area contributed by atoms with E-state index in [2.05, 4.69) is 10.3 Å². The van der Waals surface area contributed by atoms with Crippen LogP contribution in [0, 0.1) is 0 Å². The third kappa shape index (κ3) is 4.58. The second kappa shape index (κ2) is 6.79. The molecule has 4 N–H and O–H groups in total. The van der Waals surface area contributed by atoms with Gasteiger partial charge in [0.05, 0.1) is 12.4 Å². The highest BCUT2D eigenvalue weighted by Crippen LogP contribution is 2.05. The summed E-state index contributed by atoms with van der Waals surface area (Å²) in [5.41, 5.74) is 5.59. The molecule has 0 spiro atoms. The first kappa shape index (κ1) is 11.5. The van der Waals surface area contributed by atoms with Crippen LogP contribution in [0.3, 0.4) is 0 Å². The van der Waals surface area contributed by atoms with Crippen LogP contribution in [-0.4, -0.2) is 36.7 Å². The number of hydrogen-bond donors (Lipinski definition) is 3. The molecule has 0 radical (unpaired) electrons. The van der Waals surface area contributed by atoms with Crippen LogP contribution in [-0.2, 0) is 0 Å². The van der Waals surface area contributed by atoms with Gasteiger partial charge in [-0.25, -0.2) is 0 Å².